The van der Waals surface area contributed by atoms with Gasteiger partial charge in [0, 0.05) is 25.2 Å². The van der Waals surface area contributed by atoms with E-state index in [1.165, 1.54) is 27.4 Å². The van der Waals surface area contributed by atoms with E-state index >= 15 is 0 Å². The molecule has 9 heteroatoms. The Bertz CT molecular complexity index is 1070. The standard InChI is InChI=1S/C20H27N3O5S/c1-14-6-2-3-7-16(14)21-19(24)13-23-17-9-8-15(12-18(17)28-20(23)25)29(26,27)22-10-4-5-11-22/h8-9,12,14,16H,2-7,10-11,13H2,1H3,(H,21,24)/t14-,16-/m1/s1. The van der Waals surface area contributed by atoms with Crippen molar-refractivity contribution in [1.29, 1.82) is 0 Å². The van der Waals surface area contributed by atoms with Crippen LogP contribution in [0.2, 0.25) is 0 Å². The van der Waals surface area contributed by atoms with Crippen molar-refractivity contribution in [2.75, 3.05) is 13.1 Å². The molecule has 29 heavy (non-hydrogen) atoms. The number of nitrogens with zero attached hydrogens (tertiary/aromatic N) is 2. The van der Waals surface area contributed by atoms with E-state index < -0.39 is 15.8 Å². The van der Waals surface area contributed by atoms with Gasteiger partial charge in [-0.3, -0.25) is 9.36 Å². The van der Waals surface area contributed by atoms with Crippen molar-refractivity contribution in [3.05, 3.63) is 28.7 Å². The number of sulfonamides is 1. The molecule has 2 aliphatic rings. The van der Waals surface area contributed by atoms with E-state index in [0.717, 1.165) is 32.1 Å². The van der Waals surface area contributed by atoms with Crippen molar-refractivity contribution >= 4 is 27.0 Å². The quantitative estimate of drug-likeness (QED) is 0.796. The van der Waals surface area contributed by atoms with Crippen LogP contribution in [0, 0.1) is 5.92 Å². The van der Waals surface area contributed by atoms with Crippen molar-refractivity contribution in [1.82, 2.24) is 14.2 Å². The highest BCUT2D eigenvalue weighted by Crippen LogP contribution is 2.25. The molecule has 1 saturated heterocycles. The Hall–Kier alpha value is -2.13. The van der Waals surface area contributed by atoms with Crippen molar-refractivity contribution in [2.24, 2.45) is 5.92 Å². The van der Waals surface area contributed by atoms with Gasteiger partial charge >= 0.3 is 5.76 Å². The zero-order valence-electron chi connectivity index (χ0n) is 16.6. The first-order chi connectivity index (χ1) is 13.9. The summed E-state index contributed by atoms with van der Waals surface area (Å²) in [7, 11) is -3.60. The van der Waals surface area contributed by atoms with Crippen LogP contribution >= 0.6 is 0 Å². The predicted molar refractivity (Wildman–Crippen MR) is 108 cm³/mol. The van der Waals surface area contributed by atoms with Gasteiger partial charge in [-0.1, -0.05) is 19.8 Å². The monoisotopic (exact) mass is 421 g/mol. The van der Waals surface area contributed by atoms with Crippen LogP contribution in [0.1, 0.15) is 45.4 Å². The number of amides is 1. The Morgan fingerprint density at radius 1 is 1.17 bits per heavy atom. The number of oxazole rings is 1. The summed E-state index contributed by atoms with van der Waals surface area (Å²) in [4.78, 5) is 24.9. The van der Waals surface area contributed by atoms with Crippen molar-refractivity contribution in [2.45, 2.75) is 62.9 Å². The zero-order chi connectivity index (χ0) is 20.6. The lowest BCUT2D eigenvalue weighted by Gasteiger charge is -2.29. The van der Waals surface area contributed by atoms with Gasteiger partial charge in [-0.2, -0.15) is 4.31 Å². The van der Waals surface area contributed by atoms with Crippen LogP contribution in [0.25, 0.3) is 11.1 Å². The van der Waals surface area contributed by atoms with Gasteiger partial charge in [0.25, 0.3) is 0 Å². The molecule has 0 spiro atoms. The maximum atomic E-state index is 12.7. The second-order valence-electron chi connectivity index (χ2n) is 8.13. The van der Waals surface area contributed by atoms with Crippen molar-refractivity contribution in [3.8, 4) is 0 Å². The van der Waals surface area contributed by atoms with Gasteiger partial charge in [0.15, 0.2) is 5.58 Å². The number of fused-ring (bicyclic) bond motifs is 1. The summed E-state index contributed by atoms with van der Waals surface area (Å²) < 4.78 is 33.4. The molecule has 0 bridgehead atoms. The molecule has 0 unspecified atom stereocenters. The van der Waals surface area contributed by atoms with Crippen LogP contribution in [0.4, 0.5) is 0 Å². The topological polar surface area (TPSA) is 102 Å². The number of hydrogen-bond acceptors (Lipinski definition) is 5. The Morgan fingerprint density at radius 2 is 1.90 bits per heavy atom. The van der Waals surface area contributed by atoms with E-state index in [1.54, 1.807) is 6.07 Å². The van der Waals surface area contributed by atoms with Gasteiger partial charge < -0.3 is 9.73 Å². The molecule has 8 nitrogen and oxygen atoms in total. The van der Waals surface area contributed by atoms with Crippen LogP contribution in [0.15, 0.2) is 32.3 Å². The predicted octanol–water partition coefficient (Wildman–Crippen LogP) is 2.07. The highest BCUT2D eigenvalue weighted by molar-refractivity contribution is 7.89. The van der Waals surface area contributed by atoms with Gasteiger partial charge in [-0.05, 0) is 43.7 Å². The van der Waals surface area contributed by atoms with Gasteiger partial charge in [-0.15, -0.1) is 0 Å². The summed E-state index contributed by atoms with van der Waals surface area (Å²) in [6, 6.07) is 4.52. The first-order valence-electron chi connectivity index (χ1n) is 10.3. The van der Waals surface area contributed by atoms with Gasteiger partial charge in [0.1, 0.15) is 6.54 Å². The fraction of sp³-hybridized carbons (Fsp3) is 0.600. The van der Waals surface area contributed by atoms with Crippen molar-refractivity contribution in [3.63, 3.8) is 0 Å². The molecule has 1 aliphatic heterocycles. The summed E-state index contributed by atoms with van der Waals surface area (Å²) in [5.74, 6) is -0.478. The summed E-state index contributed by atoms with van der Waals surface area (Å²) in [6.07, 6.45) is 6.02. The minimum Gasteiger partial charge on any atom is -0.408 e. The maximum absolute atomic E-state index is 12.7. The largest absolute Gasteiger partial charge is 0.420 e. The molecular weight excluding hydrogens is 394 g/mol. The molecule has 0 radical (unpaired) electrons. The van der Waals surface area contributed by atoms with Crippen LogP contribution in [-0.2, 0) is 21.4 Å². The molecular formula is C20H27N3O5S. The fourth-order valence-corrected chi connectivity index (χ4v) is 5.89. The minimum absolute atomic E-state index is 0.105. The Labute approximate surface area is 169 Å². The van der Waals surface area contributed by atoms with Gasteiger partial charge in [-0.25, -0.2) is 13.2 Å². The average molecular weight is 422 g/mol. The Kier molecular flexibility index (Phi) is 5.52. The maximum Gasteiger partial charge on any atom is 0.420 e. The third-order valence-electron chi connectivity index (χ3n) is 6.10. The minimum atomic E-state index is -3.60. The molecule has 2 fully saturated rings. The Balaban J connectivity index is 1.55. The summed E-state index contributed by atoms with van der Waals surface area (Å²) in [5, 5.41) is 3.03. The van der Waals surface area contributed by atoms with E-state index in [0.29, 0.717) is 24.5 Å². The number of nitrogens with one attached hydrogen (secondary N) is 1. The number of aromatic nitrogens is 1. The summed E-state index contributed by atoms with van der Waals surface area (Å²) in [6.45, 7) is 3.00. The second kappa shape index (κ2) is 7.95. The van der Waals surface area contributed by atoms with Crippen molar-refractivity contribution < 1.29 is 17.6 Å². The molecule has 1 aliphatic carbocycles. The van der Waals surface area contributed by atoms with Gasteiger partial charge in [0.05, 0.1) is 10.4 Å². The van der Waals surface area contributed by atoms with E-state index in [2.05, 4.69) is 12.2 Å². The van der Waals surface area contributed by atoms with Crippen LogP contribution < -0.4 is 11.1 Å². The molecule has 158 valence electrons. The lowest BCUT2D eigenvalue weighted by atomic mass is 9.86. The second-order valence-corrected chi connectivity index (χ2v) is 10.1. The summed E-state index contributed by atoms with van der Waals surface area (Å²) in [5.41, 5.74) is 0.594. The molecule has 4 rings (SSSR count). The fourth-order valence-electron chi connectivity index (χ4n) is 4.36. The highest BCUT2D eigenvalue weighted by Gasteiger charge is 2.28. The van der Waals surface area contributed by atoms with Gasteiger partial charge in [0.2, 0.25) is 15.9 Å². The molecule has 1 N–H and O–H groups in total. The highest BCUT2D eigenvalue weighted by atomic mass is 32.2. The number of hydrogen-bond donors (Lipinski definition) is 1. The SMILES string of the molecule is C[C@@H]1CCCC[C@H]1NC(=O)Cn1c(=O)oc2cc(S(=O)(=O)N3CCCC3)ccc21. The third kappa shape index (κ3) is 3.98. The number of rotatable bonds is 5. The summed E-state index contributed by atoms with van der Waals surface area (Å²) >= 11 is 0. The van der Waals surface area contributed by atoms with E-state index in [1.807, 2.05) is 0 Å². The lowest BCUT2D eigenvalue weighted by Crippen LogP contribution is -2.43. The molecule has 1 aromatic carbocycles. The number of benzene rings is 1. The number of carbonyl (C=O) groups is 1. The molecule has 1 amide bonds. The lowest BCUT2D eigenvalue weighted by molar-refractivity contribution is -0.123. The van der Waals surface area contributed by atoms with E-state index in [9.17, 15) is 18.0 Å². The molecule has 2 aromatic rings. The zero-order valence-corrected chi connectivity index (χ0v) is 17.4. The normalized spacial score (nSPS) is 23.5. The molecule has 2 heterocycles. The first kappa shape index (κ1) is 20.2. The van der Waals surface area contributed by atoms with Crippen LogP contribution in [0.3, 0.4) is 0 Å². The van der Waals surface area contributed by atoms with E-state index in [4.69, 9.17) is 4.42 Å². The smallest absolute Gasteiger partial charge is 0.408 e. The molecule has 1 saturated carbocycles. The molecule has 1 aromatic heterocycles. The average Bonchev–Trinajstić information content (AvgIpc) is 3.32. The van der Waals surface area contributed by atoms with E-state index in [-0.39, 0.29) is 29.0 Å². The van der Waals surface area contributed by atoms with Crippen LogP contribution in [-0.4, -0.2) is 42.3 Å². The third-order valence-corrected chi connectivity index (χ3v) is 8.00. The number of carbonyl (C=O) groups excluding carboxylic acids is 1. The Morgan fingerprint density at radius 3 is 2.62 bits per heavy atom. The first-order valence-corrected chi connectivity index (χ1v) is 11.7. The molecule has 2 atom stereocenters. The van der Waals surface area contributed by atoms with Crippen LogP contribution in [0.5, 0.6) is 0 Å².